The number of amides is 2. The summed E-state index contributed by atoms with van der Waals surface area (Å²) < 4.78 is 15.8. The number of anilines is 1. The van der Waals surface area contributed by atoms with Crippen LogP contribution in [0.5, 0.6) is 17.2 Å². The SMILES string of the molecule is COc1cccc(NC(=O)CN(C)CC(=O)N(C)Cc2cc(OC)c(OC)cc2C)c1. The van der Waals surface area contributed by atoms with Crippen molar-refractivity contribution >= 4 is 17.5 Å². The first-order valence-electron chi connectivity index (χ1n) is 9.85. The van der Waals surface area contributed by atoms with Crippen molar-refractivity contribution in [3.63, 3.8) is 0 Å². The Bertz CT molecular complexity index is 916. The van der Waals surface area contributed by atoms with Crippen molar-refractivity contribution in [1.29, 1.82) is 0 Å². The molecule has 0 heterocycles. The second-order valence-corrected chi connectivity index (χ2v) is 7.34. The summed E-state index contributed by atoms with van der Waals surface area (Å²) in [6.45, 7) is 2.60. The van der Waals surface area contributed by atoms with E-state index >= 15 is 0 Å². The van der Waals surface area contributed by atoms with Crippen LogP contribution in [-0.4, -0.2) is 70.1 Å². The van der Waals surface area contributed by atoms with Crippen LogP contribution >= 0.6 is 0 Å². The average Bonchev–Trinajstić information content (AvgIpc) is 2.74. The van der Waals surface area contributed by atoms with Gasteiger partial charge >= 0.3 is 0 Å². The van der Waals surface area contributed by atoms with Crippen LogP contribution < -0.4 is 19.5 Å². The van der Waals surface area contributed by atoms with Crippen molar-refractivity contribution in [1.82, 2.24) is 9.80 Å². The van der Waals surface area contributed by atoms with E-state index in [1.54, 1.807) is 69.5 Å². The molecular formula is C23H31N3O5. The van der Waals surface area contributed by atoms with Gasteiger partial charge in [-0.25, -0.2) is 0 Å². The van der Waals surface area contributed by atoms with E-state index in [2.05, 4.69) is 5.32 Å². The zero-order valence-electron chi connectivity index (χ0n) is 19.0. The molecule has 2 aromatic carbocycles. The summed E-state index contributed by atoms with van der Waals surface area (Å²) in [7, 11) is 8.21. The number of rotatable bonds is 10. The highest BCUT2D eigenvalue weighted by atomic mass is 16.5. The molecule has 168 valence electrons. The molecule has 0 aliphatic carbocycles. The van der Waals surface area contributed by atoms with Crippen LogP contribution in [0.25, 0.3) is 0 Å². The maximum Gasteiger partial charge on any atom is 0.238 e. The number of hydrogen-bond acceptors (Lipinski definition) is 6. The predicted molar refractivity (Wildman–Crippen MR) is 120 cm³/mol. The van der Waals surface area contributed by atoms with Gasteiger partial charge in [0.1, 0.15) is 5.75 Å². The molecule has 1 N–H and O–H groups in total. The number of carbonyl (C=O) groups excluding carboxylic acids is 2. The molecule has 2 rings (SSSR count). The minimum absolute atomic E-state index is 0.0895. The van der Waals surface area contributed by atoms with Crippen LogP contribution in [0.1, 0.15) is 11.1 Å². The Morgan fingerprint density at radius 1 is 0.935 bits per heavy atom. The molecule has 0 unspecified atom stereocenters. The van der Waals surface area contributed by atoms with Crippen molar-refractivity contribution in [2.45, 2.75) is 13.5 Å². The monoisotopic (exact) mass is 429 g/mol. The van der Waals surface area contributed by atoms with Crippen molar-refractivity contribution in [3.8, 4) is 17.2 Å². The number of aryl methyl sites for hydroxylation is 1. The van der Waals surface area contributed by atoms with Gasteiger partial charge in [0.05, 0.1) is 34.4 Å². The van der Waals surface area contributed by atoms with E-state index in [0.29, 0.717) is 29.5 Å². The number of ether oxygens (including phenoxy) is 3. The van der Waals surface area contributed by atoms with Gasteiger partial charge in [0.25, 0.3) is 0 Å². The fourth-order valence-corrected chi connectivity index (χ4v) is 3.09. The molecule has 0 aliphatic heterocycles. The van der Waals surface area contributed by atoms with Gasteiger partial charge in [0.2, 0.25) is 11.8 Å². The lowest BCUT2D eigenvalue weighted by atomic mass is 10.1. The highest BCUT2D eigenvalue weighted by molar-refractivity contribution is 5.92. The zero-order valence-corrected chi connectivity index (χ0v) is 19.0. The molecule has 31 heavy (non-hydrogen) atoms. The second-order valence-electron chi connectivity index (χ2n) is 7.34. The number of likely N-dealkylation sites (N-methyl/N-ethyl adjacent to an activating group) is 2. The Morgan fingerprint density at radius 3 is 2.26 bits per heavy atom. The topological polar surface area (TPSA) is 80.3 Å². The third kappa shape index (κ3) is 6.89. The third-order valence-electron chi connectivity index (χ3n) is 4.85. The molecule has 8 heteroatoms. The third-order valence-corrected chi connectivity index (χ3v) is 4.85. The van der Waals surface area contributed by atoms with Crippen molar-refractivity contribution in [2.24, 2.45) is 0 Å². The minimum Gasteiger partial charge on any atom is -0.497 e. The predicted octanol–water partition coefficient (Wildman–Crippen LogP) is 2.55. The van der Waals surface area contributed by atoms with Crippen LogP contribution in [0, 0.1) is 6.92 Å². The van der Waals surface area contributed by atoms with E-state index in [4.69, 9.17) is 14.2 Å². The Labute approximate surface area is 183 Å². The van der Waals surface area contributed by atoms with Gasteiger partial charge < -0.3 is 24.4 Å². The molecule has 8 nitrogen and oxygen atoms in total. The normalized spacial score (nSPS) is 10.5. The van der Waals surface area contributed by atoms with Gasteiger partial charge in [-0.2, -0.15) is 0 Å². The van der Waals surface area contributed by atoms with Crippen molar-refractivity contribution < 1.29 is 23.8 Å². The van der Waals surface area contributed by atoms with Crippen LogP contribution in [-0.2, 0) is 16.1 Å². The van der Waals surface area contributed by atoms with Gasteiger partial charge in [-0.05, 0) is 49.4 Å². The first-order chi connectivity index (χ1) is 14.8. The first-order valence-corrected chi connectivity index (χ1v) is 9.85. The molecule has 0 saturated heterocycles. The molecule has 0 atom stereocenters. The van der Waals surface area contributed by atoms with Crippen LogP contribution in [0.4, 0.5) is 5.69 Å². The smallest absolute Gasteiger partial charge is 0.238 e. The number of hydrogen-bond donors (Lipinski definition) is 1. The lowest BCUT2D eigenvalue weighted by Gasteiger charge is -2.23. The Morgan fingerprint density at radius 2 is 1.61 bits per heavy atom. The van der Waals surface area contributed by atoms with E-state index < -0.39 is 0 Å². The van der Waals surface area contributed by atoms with E-state index in [1.807, 2.05) is 19.1 Å². The van der Waals surface area contributed by atoms with E-state index in [9.17, 15) is 9.59 Å². The Balaban J connectivity index is 1.91. The lowest BCUT2D eigenvalue weighted by Crippen LogP contribution is -2.39. The Kier molecular flexibility index (Phi) is 8.69. The largest absolute Gasteiger partial charge is 0.497 e. The zero-order chi connectivity index (χ0) is 23.0. The van der Waals surface area contributed by atoms with Gasteiger partial charge in [0.15, 0.2) is 11.5 Å². The number of nitrogens with zero attached hydrogens (tertiary/aromatic N) is 2. The number of methoxy groups -OCH3 is 3. The summed E-state index contributed by atoms with van der Waals surface area (Å²) in [6, 6.07) is 10.9. The van der Waals surface area contributed by atoms with E-state index in [0.717, 1.165) is 11.1 Å². The molecule has 0 aliphatic rings. The van der Waals surface area contributed by atoms with Gasteiger partial charge in [0, 0.05) is 25.3 Å². The standard InChI is InChI=1S/C23H31N3O5/c1-16-10-20(30-5)21(31-6)11-17(16)13-26(3)23(28)15-25(2)14-22(27)24-18-8-7-9-19(12-18)29-4/h7-12H,13-15H2,1-6H3,(H,24,27). The number of carbonyl (C=O) groups is 2. The summed E-state index contributed by atoms with van der Waals surface area (Å²) in [5, 5.41) is 2.81. The summed E-state index contributed by atoms with van der Waals surface area (Å²) in [5.41, 5.74) is 2.61. The molecule has 2 amide bonds. The maximum absolute atomic E-state index is 12.7. The molecule has 0 fully saturated rings. The fourth-order valence-electron chi connectivity index (χ4n) is 3.09. The second kappa shape index (κ2) is 11.2. The van der Waals surface area contributed by atoms with Crippen LogP contribution in [0.2, 0.25) is 0 Å². The maximum atomic E-state index is 12.7. The van der Waals surface area contributed by atoms with E-state index in [1.165, 1.54) is 0 Å². The molecule has 0 radical (unpaired) electrons. The van der Waals surface area contributed by atoms with Gasteiger partial charge in [-0.3, -0.25) is 14.5 Å². The lowest BCUT2D eigenvalue weighted by molar-refractivity contribution is -0.131. The Hall–Kier alpha value is -3.26. The summed E-state index contributed by atoms with van der Waals surface area (Å²) >= 11 is 0. The molecule has 0 spiro atoms. The van der Waals surface area contributed by atoms with Crippen molar-refractivity contribution in [3.05, 3.63) is 47.5 Å². The van der Waals surface area contributed by atoms with Crippen LogP contribution in [0.15, 0.2) is 36.4 Å². The first kappa shape index (κ1) is 24.0. The van der Waals surface area contributed by atoms with Crippen molar-refractivity contribution in [2.75, 3.05) is 53.8 Å². The quantitative estimate of drug-likeness (QED) is 0.625. The van der Waals surface area contributed by atoms with Crippen LogP contribution in [0.3, 0.4) is 0 Å². The minimum atomic E-state index is -0.207. The molecule has 0 bridgehead atoms. The molecule has 0 aromatic heterocycles. The summed E-state index contributed by atoms with van der Waals surface area (Å²) in [6.07, 6.45) is 0. The van der Waals surface area contributed by atoms with Gasteiger partial charge in [-0.1, -0.05) is 6.07 Å². The molecular weight excluding hydrogens is 398 g/mol. The average molecular weight is 430 g/mol. The summed E-state index contributed by atoms with van der Waals surface area (Å²) in [4.78, 5) is 28.3. The molecule has 0 saturated carbocycles. The number of nitrogens with one attached hydrogen (secondary N) is 1. The molecule has 2 aromatic rings. The van der Waals surface area contributed by atoms with E-state index in [-0.39, 0.29) is 24.9 Å². The number of benzene rings is 2. The van der Waals surface area contributed by atoms with Gasteiger partial charge in [-0.15, -0.1) is 0 Å². The highest BCUT2D eigenvalue weighted by Crippen LogP contribution is 2.30. The highest BCUT2D eigenvalue weighted by Gasteiger charge is 2.17. The summed E-state index contributed by atoms with van der Waals surface area (Å²) in [5.74, 6) is 1.64. The fraction of sp³-hybridized carbons (Fsp3) is 0.391.